The summed E-state index contributed by atoms with van der Waals surface area (Å²) in [6, 6.07) is 2.04. The first-order valence-corrected chi connectivity index (χ1v) is 12.9. The highest BCUT2D eigenvalue weighted by Gasteiger charge is 2.53. The van der Waals surface area contributed by atoms with Crippen LogP contribution in [0.3, 0.4) is 0 Å². The second-order valence-electron chi connectivity index (χ2n) is 7.15. The number of alkyl halides is 3. The van der Waals surface area contributed by atoms with E-state index in [-0.39, 0.29) is 5.97 Å². The molecule has 7 heteroatoms. The van der Waals surface area contributed by atoms with Crippen LogP contribution in [0.4, 0.5) is 13.2 Å². The molecule has 0 aliphatic carbocycles. The van der Waals surface area contributed by atoms with Crippen molar-refractivity contribution in [3.05, 3.63) is 24.3 Å². The predicted octanol–water partition coefficient (Wildman–Crippen LogP) is 6.96. The fourth-order valence-electron chi connectivity index (χ4n) is 2.98. The van der Waals surface area contributed by atoms with Gasteiger partial charge in [-0.2, -0.15) is 13.2 Å². The normalized spacial score (nSPS) is 15.3. The summed E-state index contributed by atoms with van der Waals surface area (Å²) in [6.07, 6.45) is 5.47. The third kappa shape index (κ3) is 9.41. The van der Waals surface area contributed by atoms with Gasteiger partial charge in [-0.15, -0.1) is 0 Å². The first-order valence-electron chi connectivity index (χ1n) is 10.4. The van der Waals surface area contributed by atoms with Crippen LogP contribution in [-0.2, 0) is 14.0 Å². The van der Waals surface area contributed by atoms with E-state index >= 15 is 0 Å². The van der Waals surface area contributed by atoms with Gasteiger partial charge in [0.25, 0.3) is 0 Å². The lowest BCUT2D eigenvalue weighted by Crippen LogP contribution is -2.52. The lowest BCUT2D eigenvalue weighted by atomic mass is 10.0. The highest BCUT2D eigenvalue weighted by atomic mass is 28.4. The largest absolute Gasteiger partial charge is 0.463 e. The summed E-state index contributed by atoms with van der Waals surface area (Å²) >= 11 is 0. The summed E-state index contributed by atoms with van der Waals surface area (Å²) in [5.41, 5.74) is -2.22. The van der Waals surface area contributed by atoms with Crippen molar-refractivity contribution in [2.45, 2.75) is 96.6 Å². The standard InChI is InChI=1S/C21H37F3O3Si/c1-6-26-19(25)17-15-13-11-10-12-14-16-18-20(5,21(22,23)24)27-28(7-2,8-3)9-4/h15-18H,6-14H2,1-5H3. The summed E-state index contributed by atoms with van der Waals surface area (Å²) in [6.45, 7) is 9.03. The maximum atomic E-state index is 13.7. The van der Waals surface area contributed by atoms with Crippen LogP contribution in [0.25, 0.3) is 0 Å². The van der Waals surface area contributed by atoms with Gasteiger partial charge in [-0.05, 0) is 63.7 Å². The Morgan fingerprint density at radius 3 is 1.93 bits per heavy atom. The van der Waals surface area contributed by atoms with Crippen molar-refractivity contribution in [1.29, 1.82) is 0 Å². The average Bonchev–Trinajstić information content (AvgIpc) is 2.64. The van der Waals surface area contributed by atoms with Gasteiger partial charge in [0.1, 0.15) is 0 Å². The number of ether oxygens (including phenoxy) is 1. The number of carbonyl (C=O) groups is 1. The molecule has 0 N–H and O–H groups in total. The van der Waals surface area contributed by atoms with Crippen LogP contribution < -0.4 is 0 Å². The van der Waals surface area contributed by atoms with Gasteiger partial charge in [-0.3, -0.25) is 0 Å². The Morgan fingerprint density at radius 2 is 1.46 bits per heavy atom. The van der Waals surface area contributed by atoms with E-state index in [1.165, 1.54) is 12.2 Å². The Labute approximate surface area is 169 Å². The first-order chi connectivity index (χ1) is 13.1. The molecule has 3 nitrogen and oxygen atoms in total. The molecule has 0 heterocycles. The van der Waals surface area contributed by atoms with Gasteiger partial charge < -0.3 is 9.16 Å². The number of hydrogen-bond donors (Lipinski definition) is 0. The highest BCUT2D eigenvalue weighted by molar-refractivity contribution is 6.73. The minimum absolute atomic E-state index is 0.345. The molecule has 1 atom stereocenters. The molecule has 0 aliphatic heterocycles. The molecule has 1 unspecified atom stereocenters. The molecular weight excluding hydrogens is 385 g/mol. The van der Waals surface area contributed by atoms with Crippen molar-refractivity contribution in [1.82, 2.24) is 0 Å². The van der Waals surface area contributed by atoms with E-state index in [0.717, 1.165) is 32.6 Å². The number of hydrogen-bond acceptors (Lipinski definition) is 3. The van der Waals surface area contributed by atoms with Gasteiger partial charge >= 0.3 is 12.1 Å². The zero-order valence-corrected chi connectivity index (χ0v) is 19.0. The third-order valence-electron chi connectivity index (χ3n) is 5.14. The summed E-state index contributed by atoms with van der Waals surface area (Å²) in [4.78, 5) is 11.1. The maximum absolute atomic E-state index is 13.7. The highest BCUT2D eigenvalue weighted by Crippen LogP contribution is 2.39. The molecule has 0 aliphatic rings. The minimum atomic E-state index is -4.43. The van der Waals surface area contributed by atoms with E-state index in [9.17, 15) is 18.0 Å². The van der Waals surface area contributed by atoms with E-state index in [1.54, 1.807) is 19.1 Å². The molecule has 0 aromatic rings. The van der Waals surface area contributed by atoms with E-state index in [1.807, 2.05) is 20.8 Å². The second kappa shape index (κ2) is 13.2. The molecule has 0 amide bonds. The number of carbonyl (C=O) groups excluding carboxylic acids is 1. The van der Waals surface area contributed by atoms with Crippen LogP contribution >= 0.6 is 0 Å². The zero-order valence-electron chi connectivity index (χ0n) is 18.0. The smallest absolute Gasteiger partial charge is 0.419 e. The SMILES string of the molecule is CCOC(=O)C=CCCCCCC=CC(C)(O[Si](CC)(CC)CC)C(F)(F)F. The number of allylic oxidation sites excluding steroid dienone is 2. The molecule has 164 valence electrons. The molecule has 0 spiro atoms. The topological polar surface area (TPSA) is 35.5 Å². The first kappa shape index (κ1) is 26.9. The van der Waals surface area contributed by atoms with Crippen molar-refractivity contribution in [3.63, 3.8) is 0 Å². The van der Waals surface area contributed by atoms with Crippen LogP contribution in [0.5, 0.6) is 0 Å². The van der Waals surface area contributed by atoms with Crippen molar-refractivity contribution in [2.75, 3.05) is 6.61 Å². The van der Waals surface area contributed by atoms with Crippen molar-refractivity contribution < 1.29 is 27.1 Å². The molecule has 0 saturated heterocycles. The molecule has 0 rings (SSSR count). The van der Waals surface area contributed by atoms with Gasteiger partial charge in [-0.25, -0.2) is 4.79 Å². The van der Waals surface area contributed by atoms with Crippen molar-refractivity contribution in [2.24, 2.45) is 0 Å². The summed E-state index contributed by atoms with van der Waals surface area (Å²) < 4.78 is 51.6. The average molecular weight is 423 g/mol. The van der Waals surface area contributed by atoms with Gasteiger partial charge in [0.05, 0.1) is 6.61 Å². The van der Waals surface area contributed by atoms with E-state index in [0.29, 0.717) is 31.2 Å². The maximum Gasteiger partial charge on any atom is 0.419 e. The fourth-order valence-corrected chi connectivity index (χ4v) is 6.00. The Kier molecular flexibility index (Phi) is 12.7. The number of halogens is 3. The van der Waals surface area contributed by atoms with Gasteiger partial charge in [0.2, 0.25) is 0 Å². The van der Waals surface area contributed by atoms with E-state index < -0.39 is 20.1 Å². The lowest BCUT2D eigenvalue weighted by Gasteiger charge is -2.39. The Bertz CT molecular complexity index is 491. The molecule has 28 heavy (non-hydrogen) atoms. The van der Waals surface area contributed by atoms with E-state index in [2.05, 4.69) is 0 Å². The number of unbranched alkanes of at least 4 members (excludes halogenated alkanes) is 4. The minimum Gasteiger partial charge on any atom is -0.463 e. The van der Waals surface area contributed by atoms with Gasteiger partial charge in [0, 0.05) is 6.08 Å². The zero-order chi connectivity index (χ0) is 21.7. The molecule has 0 aromatic heterocycles. The lowest BCUT2D eigenvalue weighted by molar-refractivity contribution is -0.226. The Balaban J connectivity index is 4.56. The molecule has 0 fully saturated rings. The Morgan fingerprint density at radius 1 is 0.929 bits per heavy atom. The van der Waals surface area contributed by atoms with Crippen LogP contribution in [0.15, 0.2) is 24.3 Å². The summed E-state index contributed by atoms with van der Waals surface area (Å²) in [5.74, 6) is -0.345. The quantitative estimate of drug-likeness (QED) is 0.0998. The molecule has 0 aromatic carbocycles. The van der Waals surface area contributed by atoms with Crippen LogP contribution in [0.1, 0.15) is 66.7 Å². The van der Waals surface area contributed by atoms with Crippen LogP contribution in [0.2, 0.25) is 18.1 Å². The number of rotatable bonds is 14. The Hall–Kier alpha value is -1.08. The second-order valence-corrected chi connectivity index (χ2v) is 11.8. The van der Waals surface area contributed by atoms with Crippen molar-refractivity contribution >= 4 is 14.3 Å². The molecule has 0 saturated carbocycles. The van der Waals surface area contributed by atoms with Crippen LogP contribution in [0, 0.1) is 0 Å². The molecule has 0 bridgehead atoms. The van der Waals surface area contributed by atoms with E-state index in [4.69, 9.17) is 9.16 Å². The fraction of sp³-hybridized carbons (Fsp3) is 0.762. The van der Waals surface area contributed by atoms with Gasteiger partial charge in [-0.1, -0.05) is 39.3 Å². The summed E-state index contributed by atoms with van der Waals surface area (Å²) in [7, 11) is -2.39. The van der Waals surface area contributed by atoms with Crippen molar-refractivity contribution in [3.8, 4) is 0 Å². The molecular formula is C21H37F3O3Si. The number of esters is 1. The predicted molar refractivity (Wildman–Crippen MR) is 111 cm³/mol. The monoisotopic (exact) mass is 422 g/mol. The summed E-state index contributed by atoms with van der Waals surface area (Å²) in [5, 5.41) is 0. The van der Waals surface area contributed by atoms with Gasteiger partial charge in [0.15, 0.2) is 13.9 Å². The molecule has 0 radical (unpaired) electrons. The van der Waals surface area contributed by atoms with Crippen LogP contribution in [-0.4, -0.2) is 32.7 Å². The third-order valence-corrected chi connectivity index (χ3v) is 9.87.